The van der Waals surface area contributed by atoms with Gasteiger partial charge in [0, 0.05) is 6.04 Å². The molecule has 0 amide bonds. The summed E-state index contributed by atoms with van der Waals surface area (Å²) in [5.41, 5.74) is 5.75. The Bertz CT molecular complexity index is 592. The van der Waals surface area contributed by atoms with E-state index in [0.29, 0.717) is 16.8 Å². The Hall–Kier alpha value is -0.630. The molecule has 21 heavy (non-hydrogen) atoms. The maximum absolute atomic E-state index is 12.5. The molecule has 1 aliphatic rings. The lowest BCUT2D eigenvalue weighted by molar-refractivity contribution is 0.296. The van der Waals surface area contributed by atoms with E-state index in [9.17, 15) is 8.42 Å². The summed E-state index contributed by atoms with van der Waals surface area (Å²) < 4.78 is 33.5. The van der Waals surface area contributed by atoms with Crippen LogP contribution in [0.25, 0.3) is 0 Å². The van der Waals surface area contributed by atoms with Gasteiger partial charge in [0.2, 0.25) is 10.0 Å². The number of halogens is 1. The number of nitrogens with one attached hydrogen (secondary N) is 1. The van der Waals surface area contributed by atoms with Crippen LogP contribution >= 0.6 is 15.9 Å². The smallest absolute Gasteiger partial charge is 0.240 e. The van der Waals surface area contributed by atoms with Gasteiger partial charge in [-0.25, -0.2) is 13.1 Å². The Labute approximate surface area is 134 Å². The van der Waals surface area contributed by atoms with Crippen molar-refractivity contribution < 1.29 is 13.2 Å². The molecule has 5 nitrogen and oxygen atoms in total. The van der Waals surface area contributed by atoms with Crippen LogP contribution < -0.4 is 15.2 Å². The van der Waals surface area contributed by atoms with E-state index < -0.39 is 10.0 Å². The van der Waals surface area contributed by atoms with E-state index >= 15 is 0 Å². The molecule has 1 fully saturated rings. The van der Waals surface area contributed by atoms with Crippen molar-refractivity contribution in [2.75, 3.05) is 13.7 Å². The Morgan fingerprint density at radius 3 is 2.71 bits per heavy atom. The standard InChI is InChI=1S/C14H21BrN2O3S/c1-20-14-7-6-11(8-12(14)15)21(18,19)17-13-5-3-2-4-10(13)9-16/h6-8,10,13,17H,2-5,9,16H2,1H3. The van der Waals surface area contributed by atoms with E-state index in [1.54, 1.807) is 25.3 Å². The van der Waals surface area contributed by atoms with Crippen molar-refractivity contribution >= 4 is 26.0 Å². The summed E-state index contributed by atoms with van der Waals surface area (Å²) >= 11 is 3.31. The van der Waals surface area contributed by atoms with Crippen LogP contribution in [-0.2, 0) is 10.0 Å². The van der Waals surface area contributed by atoms with Gasteiger partial charge in [-0.05, 0) is 59.4 Å². The topological polar surface area (TPSA) is 81.4 Å². The molecule has 0 aliphatic heterocycles. The Kier molecular flexibility index (Phi) is 5.65. The van der Waals surface area contributed by atoms with Crippen LogP contribution in [0.5, 0.6) is 5.75 Å². The average Bonchev–Trinajstić information content (AvgIpc) is 2.47. The number of methoxy groups -OCH3 is 1. The fourth-order valence-electron chi connectivity index (χ4n) is 2.73. The Morgan fingerprint density at radius 1 is 1.38 bits per heavy atom. The minimum absolute atomic E-state index is 0.0744. The van der Waals surface area contributed by atoms with Crippen molar-refractivity contribution in [3.63, 3.8) is 0 Å². The summed E-state index contributed by atoms with van der Waals surface area (Å²) in [4.78, 5) is 0.233. The highest BCUT2D eigenvalue weighted by molar-refractivity contribution is 9.10. The third kappa shape index (κ3) is 3.97. The van der Waals surface area contributed by atoms with Gasteiger partial charge in [-0.2, -0.15) is 0 Å². The van der Waals surface area contributed by atoms with E-state index in [1.165, 1.54) is 0 Å². The van der Waals surface area contributed by atoms with Crippen LogP contribution in [0.3, 0.4) is 0 Å². The van der Waals surface area contributed by atoms with Crippen molar-refractivity contribution in [2.24, 2.45) is 11.7 Å². The third-order valence-corrected chi connectivity index (χ3v) is 6.06. The minimum Gasteiger partial charge on any atom is -0.496 e. The summed E-state index contributed by atoms with van der Waals surface area (Å²) in [5, 5.41) is 0. The highest BCUT2D eigenvalue weighted by Crippen LogP contribution is 2.29. The summed E-state index contributed by atoms with van der Waals surface area (Å²) in [6.45, 7) is 0.513. The van der Waals surface area contributed by atoms with Crippen molar-refractivity contribution in [1.82, 2.24) is 4.72 Å². The van der Waals surface area contributed by atoms with E-state index in [-0.39, 0.29) is 16.9 Å². The van der Waals surface area contributed by atoms with Gasteiger partial charge < -0.3 is 10.5 Å². The molecule has 118 valence electrons. The molecule has 2 unspecified atom stereocenters. The Balaban J connectivity index is 2.19. The molecular weight excluding hydrogens is 356 g/mol. The lowest BCUT2D eigenvalue weighted by atomic mass is 9.85. The molecule has 1 aromatic carbocycles. The molecule has 2 rings (SSSR count). The normalized spacial score (nSPS) is 23.0. The lowest BCUT2D eigenvalue weighted by Crippen LogP contribution is -2.44. The monoisotopic (exact) mass is 376 g/mol. The summed E-state index contributed by atoms with van der Waals surface area (Å²) in [6, 6.07) is 4.67. The van der Waals surface area contributed by atoms with Gasteiger partial charge in [0.15, 0.2) is 0 Å². The molecule has 0 spiro atoms. The Morgan fingerprint density at radius 2 is 2.10 bits per heavy atom. The number of hydrogen-bond donors (Lipinski definition) is 2. The fourth-order valence-corrected chi connectivity index (χ4v) is 4.78. The highest BCUT2D eigenvalue weighted by Gasteiger charge is 2.28. The molecule has 2 atom stereocenters. The van der Waals surface area contributed by atoms with Crippen LogP contribution in [0.2, 0.25) is 0 Å². The highest BCUT2D eigenvalue weighted by atomic mass is 79.9. The van der Waals surface area contributed by atoms with Gasteiger partial charge in [-0.3, -0.25) is 0 Å². The maximum Gasteiger partial charge on any atom is 0.240 e. The average molecular weight is 377 g/mol. The zero-order chi connectivity index (χ0) is 15.5. The van der Waals surface area contributed by atoms with Crippen molar-refractivity contribution in [1.29, 1.82) is 0 Å². The third-order valence-electron chi connectivity index (χ3n) is 3.95. The molecule has 0 aromatic heterocycles. The van der Waals surface area contributed by atoms with Gasteiger partial charge in [-0.1, -0.05) is 12.8 Å². The largest absolute Gasteiger partial charge is 0.496 e. The van der Waals surface area contributed by atoms with E-state index in [1.807, 2.05) is 0 Å². The molecule has 0 bridgehead atoms. The van der Waals surface area contributed by atoms with E-state index in [4.69, 9.17) is 10.5 Å². The zero-order valence-corrected chi connectivity index (χ0v) is 14.4. The molecular formula is C14H21BrN2O3S. The molecule has 1 saturated carbocycles. The van der Waals surface area contributed by atoms with Gasteiger partial charge >= 0.3 is 0 Å². The number of nitrogens with two attached hydrogens (primary N) is 1. The quantitative estimate of drug-likeness (QED) is 0.825. The van der Waals surface area contributed by atoms with E-state index in [2.05, 4.69) is 20.7 Å². The first-order valence-corrected chi connectivity index (χ1v) is 9.31. The van der Waals surface area contributed by atoms with Crippen LogP contribution in [0, 0.1) is 5.92 Å². The number of ether oxygens (including phenoxy) is 1. The second-order valence-electron chi connectivity index (χ2n) is 5.30. The summed E-state index contributed by atoms with van der Waals surface area (Å²) in [5.74, 6) is 0.821. The van der Waals surface area contributed by atoms with Gasteiger partial charge in [0.05, 0.1) is 16.5 Å². The first kappa shape index (κ1) is 16.7. The van der Waals surface area contributed by atoms with Crippen molar-refractivity contribution in [3.05, 3.63) is 22.7 Å². The molecule has 1 aromatic rings. The molecule has 3 N–H and O–H groups in total. The van der Waals surface area contributed by atoms with Crippen LogP contribution in [-0.4, -0.2) is 28.1 Å². The lowest BCUT2D eigenvalue weighted by Gasteiger charge is -2.31. The maximum atomic E-state index is 12.5. The number of benzene rings is 1. The predicted molar refractivity (Wildman–Crippen MR) is 85.8 cm³/mol. The van der Waals surface area contributed by atoms with Gasteiger partial charge in [0.1, 0.15) is 5.75 Å². The van der Waals surface area contributed by atoms with Gasteiger partial charge in [-0.15, -0.1) is 0 Å². The van der Waals surface area contributed by atoms with Gasteiger partial charge in [0.25, 0.3) is 0 Å². The number of rotatable bonds is 5. The number of hydrogen-bond acceptors (Lipinski definition) is 4. The minimum atomic E-state index is -3.54. The van der Waals surface area contributed by atoms with E-state index in [0.717, 1.165) is 25.7 Å². The van der Waals surface area contributed by atoms with Crippen molar-refractivity contribution in [3.8, 4) is 5.75 Å². The molecule has 7 heteroatoms. The second-order valence-corrected chi connectivity index (χ2v) is 7.87. The predicted octanol–water partition coefficient (Wildman–Crippen LogP) is 2.25. The molecule has 0 radical (unpaired) electrons. The van der Waals surface area contributed by atoms with Crippen LogP contribution in [0.1, 0.15) is 25.7 Å². The van der Waals surface area contributed by atoms with Crippen molar-refractivity contribution in [2.45, 2.75) is 36.6 Å². The molecule has 0 saturated heterocycles. The zero-order valence-electron chi connectivity index (χ0n) is 12.0. The van der Waals surface area contributed by atoms with Crippen LogP contribution in [0.4, 0.5) is 0 Å². The summed E-state index contributed by atoms with van der Waals surface area (Å²) in [7, 11) is -2.00. The first-order chi connectivity index (χ1) is 9.97. The first-order valence-electron chi connectivity index (χ1n) is 7.04. The number of sulfonamides is 1. The van der Waals surface area contributed by atoms with Crippen LogP contribution in [0.15, 0.2) is 27.6 Å². The second kappa shape index (κ2) is 7.09. The molecule has 0 heterocycles. The SMILES string of the molecule is COc1ccc(S(=O)(=O)NC2CCCCC2CN)cc1Br. The fraction of sp³-hybridized carbons (Fsp3) is 0.571. The molecule has 1 aliphatic carbocycles. The summed E-state index contributed by atoms with van der Waals surface area (Å²) in [6.07, 6.45) is 3.98.